The summed E-state index contributed by atoms with van der Waals surface area (Å²) >= 11 is 0. The maximum atomic E-state index is 11.0. The van der Waals surface area contributed by atoms with Gasteiger partial charge in [-0.05, 0) is 18.4 Å². The summed E-state index contributed by atoms with van der Waals surface area (Å²) in [7, 11) is 0. The van der Waals surface area contributed by atoms with E-state index in [-0.39, 0.29) is 11.3 Å². The molecule has 1 unspecified atom stereocenters. The van der Waals surface area contributed by atoms with E-state index in [2.05, 4.69) is 0 Å². The van der Waals surface area contributed by atoms with Gasteiger partial charge in [-0.15, -0.1) is 0 Å². The number of carbonyl (C=O) groups excluding carboxylic acids is 1. The molecule has 0 radical (unpaired) electrons. The van der Waals surface area contributed by atoms with Crippen LogP contribution < -0.4 is 11.0 Å². The summed E-state index contributed by atoms with van der Waals surface area (Å²) in [6.45, 7) is 4.02. The van der Waals surface area contributed by atoms with Crippen molar-refractivity contribution in [2.75, 3.05) is 0 Å². The number of benzene rings is 1. The van der Waals surface area contributed by atoms with Crippen molar-refractivity contribution < 1.29 is 15.2 Å². The van der Waals surface area contributed by atoms with Crippen LogP contribution in [0.2, 0.25) is 0 Å². The molecular weight excluding hydrogens is 208 g/mol. The molecule has 16 heavy (non-hydrogen) atoms. The van der Waals surface area contributed by atoms with E-state index >= 15 is 0 Å². The van der Waals surface area contributed by atoms with Crippen LogP contribution in [0.1, 0.15) is 29.8 Å². The number of hydrogen-bond donors (Lipinski definition) is 3. The molecule has 0 heterocycles. The van der Waals surface area contributed by atoms with Crippen LogP contribution in [0.3, 0.4) is 0 Å². The number of hydrogen-bond acceptors (Lipinski definition) is 3. The van der Waals surface area contributed by atoms with Crippen LogP contribution in [-0.2, 0) is 6.42 Å². The minimum atomic E-state index is -1.03. The Hall–Kier alpha value is -1.43. The molecule has 0 aliphatic rings. The Kier molecular flexibility index (Phi) is 4.00. The van der Waals surface area contributed by atoms with E-state index in [1.807, 2.05) is 13.8 Å². The first-order valence-corrected chi connectivity index (χ1v) is 5.08. The Morgan fingerprint density at radius 1 is 1.56 bits per heavy atom. The molecule has 0 spiro atoms. The van der Waals surface area contributed by atoms with Gasteiger partial charge in [0, 0.05) is 17.2 Å². The van der Waals surface area contributed by atoms with Crippen LogP contribution in [0, 0.1) is 11.1 Å². The monoisotopic (exact) mass is 224 g/mol. The third-order valence-corrected chi connectivity index (χ3v) is 2.25. The summed E-state index contributed by atoms with van der Waals surface area (Å²) in [6.07, 6.45) is 0.667. The average Bonchev–Trinajstić information content (AvgIpc) is 2.16. The second kappa shape index (κ2) is 5.07. The molecule has 1 aromatic carbocycles. The van der Waals surface area contributed by atoms with Gasteiger partial charge in [0.15, 0.2) is 5.69 Å². The zero-order valence-corrected chi connectivity index (χ0v) is 9.36. The van der Waals surface area contributed by atoms with Gasteiger partial charge in [0.2, 0.25) is 5.91 Å². The number of nitrogens with one attached hydrogen (secondary N) is 1. The normalized spacial score (nSPS) is 12.8. The van der Waals surface area contributed by atoms with E-state index in [4.69, 9.17) is 10.9 Å². The Morgan fingerprint density at radius 2 is 2.19 bits per heavy atom. The fourth-order valence-corrected chi connectivity index (χ4v) is 1.55. The van der Waals surface area contributed by atoms with Crippen molar-refractivity contribution in [2.24, 2.45) is 11.7 Å². The molecule has 1 aromatic rings. The van der Waals surface area contributed by atoms with Crippen LogP contribution in [-0.4, -0.2) is 11.1 Å². The fourth-order valence-electron chi connectivity index (χ4n) is 1.55. The second-order valence-electron chi connectivity index (χ2n) is 4.14. The number of carbonyl (C=O) groups is 1. The smallest absolute Gasteiger partial charge is 0.248 e. The molecule has 88 valence electrons. The third-order valence-electron chi connectivity index (χ3n) is 2.25. The van der Waals surface area contributed by atoms with Crippen LogP contribution >= 0.6 is 0 Å². The Balaban J connectivity index is 3.14. The van der Waals surface area contributed by atoms with Gasteiger partial charge >= 0.3 is 0 Å². The van der Waals surface area contributed by atoms with Crippen molar-refractivity contribution in [1.82, 2.24) is 0 Å². The molecule has 0 aromatic heterocycles. The lowest BCUT2D eigenvalue weighted by Crippen LogP contribution is -2.99. The maximum absolute atomic E-state index is 11.0. The molecule has 1 atom stereocenters. The molecule has 0 bridgehead atoms. The van der Waals surface area contributed by atoms with E-state index in [0.717, 1.165) is 5.56 Å². The fraction of sp³-hybridized carbons (Fsp3) is 0.364. The largest absolute Gasteiger partial charge is 0.595 e. The topological polar surface area (TPSA) is 90.8 Å². The van der Waals surface area contributed by atoms with E-state index in [1.165, 1.54) is 6.07 Å². The SMILES string of the molecule is CC(C)Cc1ccc(C(N)=O)cc1[NH+]([O-])O. The standard InChI is InChI=1S/C11H16N2O3/c1-7(2)5-8-3-4-9(11(12)14)6-10(8)13(15)16/h3-4,6-7,13,15H,5H2,1-2H3,(H2,12,14). The highest BCUT2D eigenvalue weighted by Crippen LogP contribution is 2.17. The number of primary amides is 1. The first kappa shape index (κ1) is 12.6. The lowest BCUT2D eigenvalue weighted by Gasteiger charge is -2.17. The van der Waals surface area contributed by atoms with Gasteiger partial charge in [-0.25, -0.2) is 5.21 Å². The minimum absolute atomic E-state index is 0.157. The van der Waals surface area contributed by atoms with Crippen LogP contribution in [0.25, 0.3) is 0 Å². The van der Waals surface area contributed by atoms with Gasteiger partial charge in [0.1, 0.15) is 0 Å². The van der Waals surface area contributed by atoms with Gasteiger partial charge in [-0.2, -0.15) is 5.23 Å². The van der Waals surface area contributed by atoms with Gasteiger partial charge in [0.25, 0.3) is 0 Å². The van der Waals surface area contributed by atoms with E-state index in [0.29, 0.717) is 12.3 Å². The van der Waals surface area contributed by atoms with Crippen molar-refractivity contribution in [3.63, 3.8) is 0 Å². The zero-order valence-electron chi connectivity index (χ0n) is 9.36. The Bertz CT molecular complexity index is 389. The molecule has 0 aliphatic heterocycles. The zero-order chi connectivity index (χ0) is 12.3. The summed E-state index contributed by atoms with van der Waals surface area (Å²) in [6, 6.07) is 4.55. The Morgan fingerprint density at radius 3 is 2.62 bits per heavy atom. The van der Waals surface area contributed by atoms with Crippen molar-refractivity contribution in [1.29, 1.82) is 0 Å². The lowest BCUT2D eigenvalue weighted by molar-refractivity contribution is -0.991. The van der Waals surface area contributed by atoms with Crippen molar-refractivity contribution >= 4 is 11.6 Å². The van der Waals surface area contributed by atoms with Crippen LogP contribution in [0.4, 0.5) is 5.69 Å². The van der Waals surface area contributed by atoms with Gasteiger partial charge in [-0.1, -0.05) is 19.9 Å². The highest BCUT2D eigenvalue weighted by Gasteiger charge is 2.13. The number of amides is 1. The quantitative estimate of drug-likeness (QED) is 0.646. The van der Waals surface area contributed by atoms with Gasteiger partial charge < -0.3 is 10.9 Å². The summed E-state index contributed by atoms with van der Waals surface area (Å²) < 4.78 is 0. The molecular formula is C11H16N2O3. The summed E-state index contributed by atoms with van der Waals surface area (Å²) in [4.78, 5) is 10.9. The summed E-state index contributed by atoms with van der Waals surface area (Å²) in [5.41, 5.74) is 6.22. The first-order valence-electron chi connectivity index (χ1n) is 5.08. The minimum Gasteiger partial charge on any atom is -0.595 e. The van der Waals surface area contributed by atoms with Crippen LogP contribution in [0.5, 0.6) is 0 Å². The molecule has 1 rings (SSSR count). The van der Waals surface area contributed by atoms with Crippen molar-refractivity contribution in [3.05, 3.63) is 34.5 Å². The highest BCUT2D eigenvalue weighted by atomic mass is 16.8. The van der Waals surface area contributed by atoms with E-state index < -0.39 is 11.1 Å². The predicted molar refractivity (Wildman–Crippen MR) is 59.3 cm³/mol. The second-order valence-corrected chi connectivity index (χ2v) is 4.14. The molecule has 5 nitrogen and oxygen atoms in total. The molecule has 0 aliphatic carbocycles. The lowest BCUT2D eigenvalue weighted by atomic mass is 9.99. The van der Waals surface area contributed by atoms with E-state index in [1.54, 1.807) is 12.1 Å². The number of rotatable bonds is 4. The molecule has 1 amide bonds. The van der Waals surface area contributed by atoms with Crippen LogP contribution in [0.15, 0.2) is 18.2 Å². The van der Waals surface area contributed by atoms with Gasteiger partial charge in [0.05, 0.1) is 0 Å². The number of nitrogens with two attached hydrogens (primary N) is 1. The number of quaternary nitrogens is 1. The van der Waals surface area contributed by atoms with Crippen molar-refractivity contribution in [3.8, 4) is 0 Å². The van der Waals surface area contributed by atoms with Crippen molar-refractivity contribution in [2.45, 2.75) is 20.3 Å². The third kappa shape index (κ3) is 3.03. The highest BCUT2D eigenvalue weighted by molar-refractivity contribution is 5.93. The molecule has 0 saturated carbocycles. The summed E-state index contributed by atoms with van der Waals surface area (Å²) in [5.74, 6) is -0.254. The molecule has 4 N–H and O–H groups in total. The van der Waals surface area contributed by atoms with Gasteiger partial charge in [-0.3, -0.25) is 4.79 Å². The average molecular weight is 224 g/mol. The maximum Gasteiger partial charge on any atom is 0.248 e. The first-order chi connectivity index (χ1) is 7.41. The molecule has 0 saturated heterocycles. The predicted octanol–water partition coefficient (Wildman–Crippen LogP) is 0.387. The Labute approximate surface area is 94.0 Å². The summed E-state index contributed by atoms with van der Waals surface area (Å²) in [5, 5.41) is 19.0. The molecule has 5 heteroatoms. The molecule has 0 fully saturated rings. The van der Waals surface area contributed by atoms with E-state index in [9.17, 15) is 10.0 Å².